The Balaban J connectivity index is 1.64. The quantitative estimate of drug-likeness (QED) is 0.128. The minimum Gasteiger partial charge on any atom is -0.490 e. The summed E-state index contributed by atoms with van der Waals surface area (Å²) in [7, 11) is 4.34. The van der Waals surface area contributed by atoms with Crippen LogP contribution in [0.3, 0.4) is 0 Å². The Morgan fingerprint density at radius 2 is 1.46 bits per heavy atom. The lowest BCUT2D eigenvalue weighted by Gasteiger charge is -2.32. The number of hydrogen-bond acceptors (Lipinski definition) is 3. The highest BCUT2D eigenvalue weighted by molar-refractivity contribution is 5.72. The van der Waals surface area contributed by atoms with Crippen LogP contribution in [0, 0.1) is 5.92 Å². The molecule has 0 radical (unpaired) electrons. The molecule has 2 rings (SSSR count). The van der Waals surface area contributed by atoms with E-state index in [-0.39, 0.29) is 18.5 Å². The van der Waals surface area contributed by atoms with E-state index in [1.54, 1.807) is 0 Å². The number of rotatable bonds is 18. The van der Waals surface area contributed by atoms with Gasteiger partial charge in [0.2, 0.25) is 0 Å². The largest absolute Gasteiger partial charge is 0.490 e. The number of nitrogens with zero attached hydrogens (tertiary/aromatic N) is 1. The summed E-state index contributed by atoms with van der Waals surface area (Å²) < 4.78 is 12.1. The third-order valence-electron chi connectivity index (χ3n) is 6.58. The molecule has 2 aromatic rings. The summed E-state index contributed by atoms with van der Waals surface area (Å²) in [5.74, 6) is 0.595. The molecule has 0 saturated heterocycles. The molecule has 0 aromatic heterocycles. The molecule has 1 unspecified atom stereocenters. The Hall–Kier alpha value is -2.33. The highest BCUT2D eigenvalue weighted by atomic mass is 16.6. The van der Waals surface area contributed by atoms with Crippen LogP contribution in [-0.2, 0) is 22.5 Å². The molecule has 0 saturated carbocycles. The third-order valence-corrected chi connectivity index (χ3v) is 6.58. The lowest BCUT2D eigenvalue weighted by atomic mass is 10.0. The maximum Gasteiger partial charge on any atom is 0.314 e. The van der Waals surface area contributed by atoms with Gasteiger partial charge in [0.1, 0.15) is 31.4 Å². The van der Waals surface area contributed by atoms with Crippen LogP contribution < -0.4 is 4.74 Å². The average molecular weight is 483 g/mol. The van der Waals surface area contributed by atoms with Crippen LogP contribution in [-0.4, -0.2) is 44.3 Å². The van der Waals surface area contributed by atoms with E-state index in [0.717, 1.165) is 36.2 Å². The smallest absolute Gasteiger partial charge is 0.314 e. The van der Waals surface area contributed by atoms with Gasteiger partial charge in [0.25, 0.3) is 0 Å². The molecule has 0 aliphatic carbocycles. The second-order valence-corrected chi connectivity index (χ2v) is 10.4. The van der Waals surface area contributed by atoms with Gasteiger partial charge in [0, 0.05) is 5.56 Å². The summed E-state index contributed by atoms with van der Waals surface area (Å²) in [6.07, 6.45) is 11.2. The van der Waals surface area contributed by atoms with Gasteiger partial charge in [-0.1, -0.05) is 94.8 Å². The predicted molar refractivity (Wildman–Crippen MR) is 145 cm³/mol. The van der Waals surface area contributed by atoms with E-state index in [0.29, 0.717) is 6.61 Å². The maximum atomic E-state index is 12.7. The van der Waals surface area contributed by atoms with E-state index in [1.807, 2.05) is 18.2 Å². The molecule has 0 aliphatic heterocycles. The Bertz CT molecular complexity index is 817. The van der Waals surface area contributed by atoms with Gasteiger partial charge in [0.15, 0.2) is 0 Å². The van der Waals surface area contributed by atoms with Crippen LogP contribution in [0.1, 0.15) is 76.3 Å². The zero-order valence-electron chi connectivity index (χ0n) is 22.6. The van der Waals surface area contributed by atoms with Crippen LogP contribution in [0.2, 0.25) is 0 Å². The molecule has 1 atom stereocenters. The zero-order chi connectivity index (χ0) is 25.4. The van der Waals surface area contributed by atoms with Crippen molar-refractivity contribution in [1.82, 2.24) is 0 Å². The van der Waals surface area contributed by atoms with Gasteiger partial charge >= 0.3 is 5.97 Å². The molecule has 0 fully saturated rings. The minimum atomic E-state index is -0.125. The average Bonchev–Trinajstić information content (AvgIpc) is 2.85. The summed E-state index contributed by atoms with van der Waals surface area (Å²) in [4.78, 5) is 12.7. The molecular formula is C31H48NO3+. The van der Waals surface area contributed by atoms with Crippen molar-refractivity contribution in [2.24, 2.45) is 5.92 Å². The Labute approximate surface area is 214 Å². The normalized spacial score (nSPS) is 12.3. The number of unbranched alkanes of at least 4 members (excludes halogenated alkanes) is 6. The first-order valence-electron chi connectivity index (χ1n) is 13.7. The molecule has 4 nitrogen and oxygen atoms in total. The number of esters is 1. The van der Waals surface area contributed by atoms with E-state index in [2.05, 4.69) is 64.3 Å². The van der Waals surface area contributed by atoms with Crippen LogP contribution in [0.25, 0.3) is 0 Å². The standard InChI is InChI=1S/C31H48NO3/c1-5-7-8-9-10-11-13-16-27-19-21-30(22-20-27)34-23-24-35-31(33)29(6-2)26-32(3,4)25-28-17-14-12-15-18-28/h12,14-15,17-22,29H,5-11,13,16,23-26H2,1-4H3/q+1. The molecule has 2 aromatic carbocycles. The van der Waals surface area contributed by atoms with Gasteiger partial charge in [-0.15, -0.1) is 0 Å². The second-order valence-electron chi connectivity index (χ2n) is 10.4. The predicted octanol–water partition coefficient (Wildman–Crippen LogP) is 7.20. The lowest BCUT2D eigenvalue weighted by Crippen LogP contribution is -2.44. The highest BCUT2D eigenvalue weighted by Crippen LogP contribution is 2.17. The molecule has 0 bridgehead atoms. The maximum absolute atomic E-state index is 12.7. The summed E-state index contributed by atoms with van der Waals surface area (Å²) in [6.45, 7) is 6.62. The molecule has 35 heavy (non-hydrogen) atoms. The summed E-state index contributed by atoms with van der Waals surface area (Å²) in [5, 5.41) is 0. The molecule has 0 amide bonds. The van der Waals surface area contributed by atoms with Crippen molar-refractivity contribution < 1.29 is 18.8 Å². The molecular weight excluding hydrogens is 434 g/mol. The van der Waals surface area contributed by atoms with Crippen molar-refractivity contribution in [3.8, 4) is 5.75 Å². The van der Waals surface area contributed by atoms with Crippen molar-refractivity contribution in [1.29, 1.82) is 0 Å². The van der Waals surface area contributed by atoms with Crippen LogP contribution >= 0.6 is 0 Å². The monoisotopic (exact) mass is 482 g/mol. The van der Waals surface area contributed by atoms with E-state index in [1.165, 1.54) is 56.1 Å². The van der Waals surface area contributed by atoms with Crippen molar-refractivity contribution >= 4 is 5.97 Å². The Morgan fingerprint density at radius 1 is 0.800 bits per heavy atom. The number of benzene rings is 2. The van der Waals surface area contributed by atoms with Gasteiger partial charge in [-0.2, -0.15) is 0 Å². The molecule has 0 aliphatic rings. The summed E-state index contributed by atoms with van der Waals surface area (Å²) in [6, 6.07) is 18.8. The fraction of sp³-hybridized carbons (Fsp3) is 0.581. The number of aryl methyl sites for hydroxylation is 1. The van der Waals surface area contributed by atoms with Crippen molar-refractivity contribution in [3.05, 3.63) is 65.7 Å². The van der Waals surface area contributed by atoms with Gasteiger partial charge in [-0.05, 0) is 37.0 Å². The van der Waals surface area contributed by atoms with E-state index in [9.17, 15) is 4.79 Å². The van der Waals surface area contributed by atoms with E-state index in [4.69, 9.17) is 9.47 Å². The first kappa shape index (κ1) is 28.9. The topological polar surface area (TPSA) is 35.5 Å². The number of hydrogen-bond donors (Lipinski definition) is 0. The first-order chi connectivity index (χ1) is 16.9. The highest BCUT2D eigenvalue weighted by Gasteiger charge is 2.28. The van der Waals surface area contributed by atoms with Crippen LogP contribution in [0.15, 0.2) is 54.6 Å². The third kappa shape index (κ3) is 12.3. The van der Waals surface area contributed by atoms with E-state index < -0.39 is 0 Å². The molecule has 0 heterocycles. The van der Waals surface area contributed by atoms with Gasteiger partial charge in [0.05, 0.1) is 20.6 Å². The molecule has 194 valence electrons. The number of ether oxygens (including phenoxy) is 2. The summed E-state index contributed by atoms with van der Waals surface area (Å²) >= 11 is 0. The van der Waals surface area contributed by atoms with Crippen LogP contribution in [0.4, 0.5) is 0 Å². The number of carbonyl (C=O) groups is 1. The fourth-order valence-corrected chi connectivity index (χ4v) is 4.57. The SMILES string of the molecule is CCCCCCCCCc1ccc(OCCOC(=O)C(CC)C[N+](C)(C)Cc2ccccc2)cc1. The van der Waals surface area contributed by atoms with Crippen molar-refractivity contribution in [3.63, 3.8) is 0 Å². The summed E-state index contributed by atoms with van der Waals surface area (Å²) in [5.41, 5.74) is 2.64. The van der Waals surface area contributed by atoms with E-state index >= 15 is 0 Å². The minimum absolute atomic E-state index is 0.111. The number of quaternary nitrogens is 1. The first-order valence-corrected chi connectivity index (χ1v) is 13.7. The Morgan fingerprint density at radius 3 is 2.11 bits per heavy atom. The van der Waals surface area contributed by atoms with Gasteiger partial charge in [-0.25, -0.2) is 0 Å². The molecule has 0 spiro atoms. The molecule has 4 heteroatoms. The fourth-order valence-electron chi connectivity index (χ4n) is 4.57. The van der Waals surface area contributed by atoms with Gasteiger partial charge < -0.3 is 14.0 Å². The molecule has 0 N–H and O–H groups in total. The second kappa shape index (κ2) is 16.4. The number of carbonyl (C=O) groups excluding carboxylic acids is 1. The van der Waals surface area contributed by atoms with Crippen LogP contribution in [0.5, 0.6) is 5.75 Å². The van der Waals surface area contributed by atoms with Crippen molar-refractivity contribution in [2.45, 2.75) is 78.2 Å². The zero-order valence-corrected chi connectivity index (χ0v) is 22.6. The van der Waals surface area contributed by atoms with Gasteiger partial charge in [-0.3, -0.25) is 4.79 Å². The van der Waals surface area contributed by atoms with Crippen molar-refractivity contribution in [2.75, 3.05) is 33.9 Å². The Kier molecular flexibility index (Phi) is 13.5. The lowest BCUT2D eigenvalue weighted by molar-refractivity contribution is -0.906.